The third-order valence-corrected chi connectivity index (χ3v) is 7.39. The van der Waals surface area contributed by atoms with Crippen molar-refractivity contribution in [3.05, 3.63) is 21.9 Å². The highest BCUT2D eigenvalue weighted by atomic mass is 32.2. The van der Waals surface area contributed by atoms with Crippen LogP contribution in [0.25, 0.3) is 0 Å². The Kier molecular flexibility index (Phi) is 3.91. The van der Waals surface area contributed by atoms with Crippen LogP contribution in [0.2, 0.25) is 0 Å². The molecular weight excluding hydrogens is 282 g/mol. The highest BCUT2D eigenvalue weighted by Crippen LogP contribution is 2.35. The molecule has 1 aromatic rings. The second-order valence-electron chi connectivity index (χ2n) is 4.69. The Morgan fingerprint density at radius 1 is 1.44 bits per heavy atom. The third-order valence-electron chi connectivity index (χ3n) is 3.65. The number of thiophene rings is 1. The first-order chi connectivity index (χ1) is 8.77. The standard InChI is InChI=1S/C13H17NOS3/c1-9-10-3-5-17-11(10)2-4-14(9)13(15)12-8-16-6-7-18-12/h3,5,9,12H,2,4,6-8H2,1H3. The zero-order valence-corrected chi connectivity index (χ0v) is 12.9. The van der Waals surface area contributed by atoms with Crippen LogP contribution in [0.1, 0.15) is 23.4 Å². The largest absolute Gasteiger partial charge is 0.335 e. The molecule has 2 unspecified atom stereocenters. The number of carbonyl (C=O) groups excluding carboxylic acids is 1. The summed E-state index contributed by atoms with van der Waals surface area (Å²) < 4.78 is 0. The summed E-state index contributed by atoms with van der Waals surface area (Å²) in [5, 5.41) is 2.34. The van der Waals surface area contributed by atoms with E-state index in [4.69, 9.17) is 0 Å². The van der Waals surface area contributed by atoms with E-state index in [1.165, 1.54) is 16.2 Å². The molecule has 3 heterocycles. The first kappa shape index (κ1) is 12.9. The van der Waals surface area contributed by atoms with Gasteiger partial charge in [0.15, 0.2) is 0 Å². The Hall–Kier alpha value is -0.130. The van der Waals surface area contributed by atoms with Crippen LogP contribution in [0.3, 0.4) is 0 Å². The molecule has 0 spiro atoms. The average molecular weight is 299 g/mol. The maximum atomic E-state index is 12.6. The Balaban J connectivity index is 1.75. The minimum absolute atomic E-state index is 0.186. The molecule has 0 saturated carbocycles. The highest BCUT2D eigenvalue weighted by molar-refractivity contribution is 8.07. The molecule has 0 N–H and O–H groups in total. The summed E-state index contributed by atoms with van der Waals surface area (Å²) in [6.45, 7) is 3.07. The number of carbonyl (C=O) groups is 1. The quantitative estimate of drug-likeness (QED) is 0.795. The summed E-state index contributed by atoms with van der Waals surface area (Å²) in [4.78, 5) is 16.2. The first-order valence-corrected chi connectivity index (χ1v) is 9.42. The fourth-order valence-electron chi connectivity index (χ4n) is 2.63. The molecule has 2 aliphatic heterocycles. The van der Waals surface area contributed by atoms with Crippen molar-refractivity contribution < 1.29 is 4.79 Å². The van der Waals surface area contributed by atoms with E-state index in [-0.39, 0.29) is 11.3 Å². The van der Waals surface area contributed by atoms with Gasteiger partial charge in [-0.05, 0) is 30.4 Å². The number of hydrogen-bond donors (Lipinski definition) is 0. The van der Waals surface area contributed by atoms with E-state index in [1.54, 1.807) is 0 Å². The summed E-state index contributed by atoms with van der Waals surface area (Å²) in [5.41, 5.74) is 1.37. The van der Waals surface area contributed by atoms with Gasteiger partial charge in [0.2, 0.25) is 5.91 Å². The van der Waals surface area contributed by atoms with E-state index in [2.05, 4.69) is 23.3 Å². The summed E-state index contributed by atoms with van der Waals surface area (Å²) in [7, 11) is 0. The van der Waals surface area contributed by atoms with Gasteiger partial charge in [0.05, 0.1) is 11.3 Å². The Morgan fingerprint density at radius 3 is 3.11 bits per heavy atom. The highest BCUT2D eigenvalue weighted by Gasteiger charge is 2.33. The molecule has 18 heavy (non-hydrogen) atoms. The van der Waals surface area contributed by atoms with Crippen molar-refractivity contribution in [3.8, 4) is 0 Å². The molecule has 98 valence electrons. The topological polar surface area (TPSA) is 20.3 Å². The van der Waals surface area contributed by atoms with Crippen LogP contribution in [-0.2, 0) is 11.2 Å². The zero-order chi connectivity index (χ0) is 12.5. The zero-order valence-electron chi connectivity index (χ0n) is 10.4. The van der Waals surface area contributed by atoms with Gasteiger partial charge in [-0.1, -0.05) is 0 Å². The van der Waals surface area contributed by atoms with E-state index in [0.717, 1.165) is 24.5 Å². The van der Waals surface area contributed by atoms with Crippen LogP contribution in [0, 0.1) is 0 Å². The average Bonchev–Trinajstić information content (AvgIpc) is 2.89. The fourth-order valence-corrected chi connectivity index (χ4v) is 6.20. The van der Waals surface area contributed by atoms with Crippen molar-refractivity contribution in [1.29, 1.82) is 0 Å². The predicted octanol–water partition coefficient (Wildman–Crippen LogP) is 3.04. The molecule has 3 rings (SSSR count). The maximum Gasteiger partial charge on any atom is 0.237 e. The molecule has 2 atom stereocenters. The molecule has 0 aromatic carbocycles. The van der Waals surface area contributed by atoms with Gasteiger partial charge in [-0.15, -0.1) is 23.1 Å². The Morgan fingerprint density at radius 2 is 2.33 bits per heavy atom. The lowest BCUT2D eigenvalue weighted by molar-refractivity contribution is -0.132. The fraction of sp³-hybridized carbons (Fsp3) is 0.615. The smallest absolute Gasteiger partial charge is 0.237 e. The van der Waals surface area contributed by atoms with Crippen LogP contribution < -0.4 is 0 Å². The lowest BCUT2D eigenvalue weighted by Crippen LogP contribution is -2.44. The molecule has 1 fully saturated rings. The minimum atomic E-state index is 0.186. The van der Waals surface area contributed by atoms with E-state index in [9.17, 15) is 4.79 Å². The van der Waals surface area contributed by atoms with E-state index < -0.39 is 0 Å². The van der Waals surface area contributed by atoms with Gasteiger partial charge in [0.25, 0.3) is 0 Å². The van der Waals surface area contributed by atoms with Crippen LogP contribution >= 0.6 is 34.9 Å². The van der Waals surface area contributed by atoms with Gasteiger partial charge in [-0.3, -0.25) is 4.79 Å². The number of hydrogen-bond acceptors (Lipinski definition) is 4. The second kappa shape index (κ2) is 5.47. The van der Waals surface area contributed by atoms with Crippen molar-refractivity contribution in [1.82, 2.24) is 4.90 Å². The molecule has 0 radical (unpaired) electrons. The number of thioether (sulfide) groups is 2. The molecule has 1 aromatic heterocycles. The van der Waals surface area contributed by atoms with Crippen LogP contribution in [0.5, 0.6) is 0 Å². The lowest BCUT2D eigenvalue weighted by atomic mass is 10.0. The van der Waals surface area contributed by atoms with Crippen molar-refractivity contribution in [3.63, 3.8) is 0 Å². The molecule has 2 nitrogen and oxygen atoms in total. The van der Waals surface area contributed by atoms with Gasteiger partial charge in [0, 0.05) is 28.7 Å². The summed E-state index contributed by atoms with van der Waals surface area (Å²) >= 11 is 5.59. The Bertz CT molecular complexity index is 439. The van der Waals surface area contributed by atoms with Crippen molar-refractivity contribution in [2.75, 3.05) is 23.8 Å². The normalized spacial score (nSPS) is 27.9. The van der Waals surface area contributed by atoms with Crippen molar-refractivity contribution in [2.24, 2.45) is 0 Å². The maximum absolute atomic E-state index is 12.6. The number of nitrogens with zero attached hydrogens (tertiary/aromatic N) is 1. The number of fused-ring (bicyclic) bond motifs is 1. The SMILES string of the molecule is CC1c2ccsc2CCN1C(=O)C1CSCCS1. The monoisotopic (exact) mass is 299 g/mol. The second-order valence-corrected chi connectivity index (χ2v) is 8.15. The molecule has 0 bridgehead atoms. The van der Waals surface area contributed by atoms with E-state index in [0.29, 0.717) is 5.91 Å². The molecule has 0 aliphatic carbocycles. The van der Waals surface area contributed by atoms with Gasteiger partial charge in [-0.2, -0.15) is 11.8 Å². The Labute approximate surface area is 121 Å². The number of amides is 1. The van der Waals surface area contributed by atoms with Gasteiger partial charge >= 0.3 is 0 Å². The molecule has 1 saturated heterocycles. The van der Waals surface area contributed by atoms with Crippen molar-refractivity contribution >= 4 is 40.8 Å². The lowest BCUT2D eigenvalue weighted by Gasteiger charge is -2.36. The summed E-state index contributed by atoms with van der Waals surface area (Å²) in [6, 6.07) is 2.45. The summed E-state index contributed by atoms with van der Waals surface area (Å²) in [5.74, 6) is 3.66. The van der Waals surface area contributed by atoms with E-state index in [1.807, 2.05) is 34.9 Å². The van der Waals surface area contributed by atoms with Gasteiger partial charge < -0.3 is 4.90 Å². The number of rotatable bonds is 1. The van der Waals surface area contributed by atoms with Crippen LogP contribution in [-0.4, -0.2) is 39.9 Å². The molecule has 1 amide bonds. The molecular formula is C13H17NOS3. The van der Waals surface area contributed by atoms with E-state index >= 15 is 0 Å². The predicted molar refractivity (Wildman–Crippen MR) is 81.7 cm³/mol. The minimum Gasteiger partial charge on any atom is -0.335 e. The summed E-state index contributed by atoms with van der Waals surface area (Å²) in [6.07, 6.45) is 1.04. The first-order valence-electron chi connectivity index (χ1n) is 6.33. The van der Waals surface area contributed by atoms with Crippen LogP contribution in [0.15, 0.2) is 11.4 Å². The van der Waals surface area contributed by atoms with Crippen LogP contribution in [0.4, 0.5) is 0 Å². The molecule has 2 aliphatic rings. The van der Waals surface area contributed by atoms with Gasteiger partial charge in [-0.25, -0.2) is 0 Å². The molecule has 5 heteroatoms. The van der Waals surface area contributed by atoms with Gasteiger partial charge in [0.1, 0.15) is 0 Å². The van der Waals surface area contributed by atoms with Crippen molar-refractivity contribution in [2.45, 2.75) is 24.6 Å². The third kappa shape index (κ3) is 2.32.